The van der Waals surface area contributed by atoms with Gasteiger partial charge in [0.1, 0.15) is 5.69 Å². The van der Waals surface area contributed by atoms with Crippen LogP contribution in [0.4, 0.5) is 0 Å². The van der Waals surface area contributed by atoms with Crippen LogP contribution in [0.3, 0.4) is 0 Å². The van der Waals surface area contributed by atoms with Crippen LogP contribution in [-0.2, 0) is 6.42 Å². The van der Waals surface area contributed by atoms with E-state index < -0.39 is 5.97 Å². The molecular formula is C10H15NO2. The van der Waals surface area contributed by atoms with Gasteiger partial charge in [0.05, 0.1) is 0 Å². The van der Waals surface area contributed by atoms with Gasteiger partial charge in [0.25, 0.3) is 0 Å². The van der Waals surface area contributed by atoms with E-state index in [-0.39, 0.29) is 0 Å². The zero-order chi connectivity index (χ0) is 10.0. The minimum atomic E-state index is -0.872. The third-order valence-corrected chi connectivity index (χ3v) is 2.14. The number of carboxylic acids is 1. The molecule has 0 spiro atoms. The molecule has 0 aromatic carbocycles. The summed E-state index contributed by atoms with van der Waals surface area (Å²) >= 11 is 0. The van der Waals surface area contributed by atoms with Crippen LogP contribution in [0.5, 0.6) is 0 Å². The van der Waals surface area contributed by atoms with Gasteiger partial charge in [-0.05, 0) is 24.0 Å². The summed E-state index contributed by atoms with van der Waals surface area (Å²) in [5, 5.41) is 8.86. The molecule has 0 saturated heterocycles. The number of aryl methyl sites for hydroxylation is 1. The van der Waals surface area contributed by atoms with Crippen LogP contribution >= 0.6 is 0 Å². The van der Waals surface area contributed by atoms with Crippen molar-refractivity contribution in [2.24, 2.45) is 0 Å². The molecule has 1 aromatic rings. The maximum atomic E-state index is 10.8. The van der Waals surface area contributed by atoms with Crippen LogP contribution in [0.15, 0.2) is 6.07 Å². The molecule has 1 rings (SSSR count). The fourth-order valence-corrected chi connectivity index (χ4v) is 1.30. The first kappa shape index (κ1) is 9.84. The van der Waals surface area contributed by atoms with Gasteiger partial charge in [-0.25, -0.2) is 4.79 Å². The quantitative estimate of drug-likeness (QED) is 0.752. The molecule has 0 aliphatic rings. The van der Waals surface area contributed by atoms with Gasteiger partial charge in [-0.15, -0.1) is 0 Å². The SMILES string of the molecule is CCc1cc(C(C)C)[nH]c1C(=O)O. The van der Waals surface area contributed by atoms with Crippen LogP contribution in [0, 0.1) is 0 Å². The van der Waals surface area contributed by atoms with Crippen molar-refractivity contribution in [2.45, 2.75) is 33.1 Å². The van der Waals surface area contributed by atoms with Gasteiger partial charge >= 0.3 is 5.97 Å². The van der Waals surface area contributed by atoms with Crippen molar-refractivity contribution < 1.29 is 9.90 Å². The van der Waals surface area contributed by atoms with Crippen molar-refractivity contribution in [1.82, 2.24) is 4.98 Å². The highest BCUT2D eigenvalue weighted by Gasteiger charge is 2.13. The summed E-state index contributed by atoms with van der Waals surface area (Å²) in [4.78, 5) is 13.7. The lowest BCUT2D eigenvalue weighted by atomic mass is 10.1. The molecule has 1 aromatic heterocycles. The Kier molecular flexibility index (Phi) is 2.76. The molecule has 0 atom stereocenters. The lowest BCUT2D eigenvalue weighted by molar-refractivity contribution is 0.0690. The van der Waals surface area contributed by atoms with Crippen LogP contribution in [0.1, 0.15) is 48.4 Å². The average molecular weight is 181 g/mol. The number of hydrogen-bond acceptors (Lipinski definition) is 1. The molecule has 0 aliphatic carbocycles. The van der Waals surface area contributed by atoms with Crippen molar-refractivity contribution in [3.05, 3.63) is 23.0 Å². The van der Waals surface area contributed by atoms with Crippen LogP contribution in [0.2, 0.25) is 0 Å². The number of H-pyrrole nitrogens is 1. The number of rotatable bonds is 3. The third-order valence-electron chi connectivity index (χ3n) is 2.14. The van der Waals surface area contributed by atoms with Crippen LogP contribution in [-0.4, -0.2) is 16.1 Å². The van der Waals surface area contributed by atoms with E-state index in [0.717, 1.165) is 17.7 Å². The Bertz CT molecular complexity index is 313. The molecule has 13 heavy (non-hydrogen) atoms. The first-order valence-corrected chi connectivity index (χ1v) is 4.51. The van der Waals surface area contributed by atoms with Crippen molar-refractivity contribution in [2.75, 3.05) is 0 Å². The fraction of sp³-hybridized carbons (Fsp3) is 0.500. The monoisotopic (exact) mass is 181 g/mol. The van der Waals surface area contributed by atoms with Gasteiger partial charge in [-0.3, -0.25) is 0 Å². The summed E-state index contributed by atoms with van der Waals surface area (Å²) in [6.07, 6.45) is 0.755. The molecule has 0 fully saturated rings. The zero-order valence-electron chi connectivity index (χ0n) is 8.22. The largest absolute Gasteiger partial charge is 0.477 e. The predicted octanol–water partition coefficient (Wildman–Crippen LogP) is 2.40. The van der Waals surface area contributed by atoms with E-state index in [9.17, 15) is 4.79 Å². The molecule has 3 heteroatoms. The van der Waals surface area contributed by atoms with E-state index in [1.165, 1.54) is 0 Å². The summed E-state index contributed by atoms with van der Waals surface area (Å²) in [6, 6.07) is 1.94. The Morgan fingerprint density at radius 2 is 2.23 bits per heavy atom. The smallest absolute Gasteiger partial charge is 0.352 e. The molecule has 2 N–H and O–H groups in total. The maximum Gasteiger partial charge on any atom is 0.352 e. The number of carboxylic acid groups (broad SMARTS) is 1. The first-order chi connectivity index (χ1) is 6.06. The van der Waals surface area contributed by atoms with Crippen molar-refractivity contribution in [1.29, 1.82) is 0 Å². The fourth-order valence-electron chi connectivity index (χ4n) is 1.30. The lowest BCUT2D eigenvalue weighted by Gasteiger charge is -1.98. The number of aromatic nitrogens is 1. The third kappa shape index (κ3) is 1.91. The molecule has 0 saturated carbocycles. The lowest BCUT2D eigenvalue weighted by Crippen LogP contribution is -2.00. The van der Waals surface area contributed by atoms with Gasteiger partial charge in [0.2, 0.25) is 0 Å². The van der Waals surface area contributed by atoms with Gasteiger partial charge in [-0.1, -0.05) is 20.8 Å². The Labute approximate surface area is 77.8 Å². The summed E-state index contributed by atoms with van der Waals surface area (Å²) < 4.78 is 0. The minimum absolute atomic E-state index is 0.339. The van der Waals surface area contributed by atoms with Crippen LogP contribution < -0.4 is 0 Å². The highest BCUT2D eigenvalue weighted by molar-refractivity contribution is 5.87. The molecule has 1 heterocycles. The number of aromatic carboxylic acids is 1. The molecular weight excluding hydrogens is 166 g/mol. The highest BCUT2D eigenvalue weighted by atomic mass is 16.4. The summed E-state index contributed by atoms with van der Waals surface area (Å²) in [7, 11) is 0. The van der Waals surface area contributed by atoms with Crippen molar-refractivity contribution in [3.8, 4) is 0 Å². The van der Waals surface area contributed by atoms with E-state index in [4.69, 9.17) is 5.11 Å². The summed E-state index contributed by atoms with van der Waals surface area (Å²) in [5.41, 5.74) is 2.22. The Morgan fingerprint density at radius 3 is 2.54 bits per heavy atom. The van der Waals surface area contributed by atoms with Crippen LogP contribution in [0.25, 0.3) is 0 Å². The standard InChI is InChI=1S/C10H15NO2/c1-4-7-5-8(6(2)3)11-9(7)10(12)13/h5-6,11H,4H2,1-3H3,(H,12,13). The molecule has 72 valence electrons. The van der Waals surface area contributed by atoms with Crippen molar-refractivity contribution in [3.63, 3.8) is 0 Å². The number of aromatic amines is 1. The van der Waals surface area contributed by atoms with Gasteiger partial charge in [0.15, 0.2) is 0 Å². The van der Waals surface area contributed by atoms with E-state index in [0.29, 0.717) is 11.6 Å². The summed E-state index contributed by atoms with van der Waals surface area (Å²) in [5.74, 6) is -0.526. The Balaban J connectivity index is 3.11. The number of hydrogen-bond donors (Lipinski definition) is 2. The zero-order valence-corrected chi connectivity index (χ0v) is 8.22. The van der Waals surface area contributed by atoms with Gasteiger partial charge in [0, 0.05) is 5.69 Å². The van der Waals surface area contributed by atoms with Gasteiger partial charge < -0.3 is 10.1 Å². The summed E-state index contributed by atoms with van der Waals surface area (Å²) in [6.45, 7) is 6.04. The highest BCUT2D eigenvalue weighted by Crippen LogP contribution is 2.18. The van der Waals surface area contributed by atoms with E-state index >= 15 is 0 Å². The Morgan fingerprint density at radius 1 is 1.62 bits per heavy atom. The van der Waals surface area contributed by atoms with E-state index in [1.54, 1.807) is 0 Å². The van der Waals surface area contributed by atoms with Gasteiger partial charge in [-0.2, -0.15) is 0 Å². The number of nitrogens with one attached hydrogen (secondary N) is 1. The second-order valence-corrected chi connectivity index (χ2v) is 3.44. The molecule has 0 radical (unpaired) electrons. The van der Waals surface area contributed by atoms with E-state index in [1.807, 2.05) is 26.8 Å². The predicted molar refractivity (Wildman–Crippen MR) is 51.2 cm³/mol. The van der Waals surface area contributed by atoms with E-state index in [2.05, 4.69) is 4.98 Å². The molecule has 0 aliphatic heterocycles. The first-order valence-electron chi connectivity index (χ1n) is 4.51. The minimum Gasteiger partial charge on any atom is -0.477 e. The molecule has 0 unspecified atom stereocenters. The second-order valence-electron chi connectivity index (χ2n) is 3.44. The Hall–Kier alpha value is -1.25. The number of carbonyl (C=O) groups is 1. The molecule has 0 bridgehead atoms. The maximum absolute atomic E-state index is 10.8. The molecule has 3 nitrogen and oxygen atoms in total. The average Bonchev–Trinajstić information content (AvgIpc) is 2.47. The normalized spacial score (nSPS) is 10.8. The topological polar surface area (TPSA) is 53.1 Å². The van der Waals surface area contributed by atoms with Crippen molar-refractivity contribution >= 4 is 5.97 Å². The second kappa shape index (κ2) is 3.64. The molecule has 0 amide bonds.